The van der Waals surface area contributed by atoms with Gasteiger partial charge >= 0.3 is 0 Å². The second-order valence-electron chi connectivity index (χ2n) is 4.60. The predicted molar refractivity (Wildman–Crippen MR) is 87.5 cm³/mol. The van der Waals surface area contributed by atoms with Crippen LogP contribution in [0.5, 0.6) is 0 Å². The van der Waals surface area contributed by atoms with Crippen LogP contribution in [0, 0.1) is 0 Å². The fraction of sp³-hybridized carbons (Fsp3) is 0.188. The van der Waals surface area contributed by atoms with Crippen LogP contribution < -0.4 is 5.32 Å². The van der Waals surface area contributed by atoms with E-state index in [4.69, 9.17) is 11.6 Å². The summed E-state index contributed by atoms with van der Waals surface area (Å²) in [7, 11) is 0. The molecule has 0 aliphatic carbocycles. The van der Waals surface area contributed by atoms with Gasteiger partial charge in [-0.25, -0.2) is 0 Å². The standard InChI is InChI=1S/C16H15BrClNO2/c17-14-7-2-1-6-13(14)16(21)19-9-8-15(20)11-4-3-5-12(18)10-11/h1-7,10,15,20H,8-9H2,(H,19,21)/t15-/m1/s1. The Morgan fingerprint density at radius 3 is 2.71 bits per heavy atom. The van der Waals surface area contributed by atoms with Crippen molar-refractivity contribution in [2.24, 2.45) is 0 Å². The first-order chi connectivity index (χ1) is 10.1. The molecule has 21 heavy (non-hydrogen) atoms. The van der Waals surface area contributed by atoms with Crippen LogP contribution in [0.3, 0.4) is 0 Å². The highest BCUT2D eigenvalue weighted by molar-refractivity contribution is 9.10. The number of nitrogens with one attached hydrogen (secondary N) is 1. The zero-order valence-corrected chi connectivity index (χ0v) is 13.6. The van der Waals surface area contributed by atoms with E-state index in [9.17, 15) is 9.90 Å². The molecule has 5 heteroatoms. The van der Waals surface area contributed by atoms with Crippen molar-refractivity contribution in [3.05, 3.63) is 69.2 Å². The molecule has 110 valence electrons. The highest BCUT2D eigenvalue weighted by Crippen LogP contribution is 2.20. The molecule has 1 atom stereocenters. The summed E-state index contributed by atoms with van der Waals surface area (Å²) in [4.78, 5) is 12.0. The maximum atomic E-state index is 12.0. The zero-order valence-electron chi connectivity index (χ0n) is 11.2. The molecule has 0 bridgehead atoms. The lowest BCUT2D eigenvalue weighted by molar-refractivity contribution is 0.0942. The van der Waals surface area contributed by atoms with Crippen molar-refractivity contribution < 1.29 is 9.90 Å². The third-order valence-electron chi connectivity index (χ3n) is 3.06. The molecule has 2 N–H and O–H groups in total. The van der Waals surface area contributed by atoms with Gasteiger partial charge in [-0.15, -0.1) is 0 Å². The van der Waals surface area contributed by atoms with Crippen LogP contribution in [0.25, 0.3) is 0 Å². The van der Waals surface area contributed by atoms with E-state index in [1.54, 1.807) is 30.3 Å². The second-order valence-corrected chi connectivity index (χ2v) is 5.89. The number of hydrogen-bond donors (Lipinski definition) is 2. The molecule has 2 aromatic carbocycles. The molecule has 3 nitrogen and oxygen atoms in total. The van der Waals surface area contributed by atoms with E-state index in [1.807, 2.05) is 18.2 Å². The van der Waals surface area contributed by atoms with Crippen molar-refractivity contribution in [3.8, 4) is 0 Å². The van der Waals surface area contributed by atoms with Gasteiger partial charge in [0.05, 0.1) is 11.7 Å². The lowest BCUT2D eigenvalue weighted by atomic mass is 10.1. The number of aliphatic hydroxyl groups excluding tert-OH is 1. The van der Waals surface area contributed by atoms with Crippen molar-refractivity contribution >= 4 is 33.4 Å². The lowest BCUT2D eigenvalue weighted by Gasteiger charge is -2.12. The smallest absolute Gasteiger partial charge is 0.252 e. The normalized spacial score (nSPS) is 12.0. The van der Waals surface area contributed by atoms with Gasteiger partial charge < -0.3 is 10.4 Å². The Hall–Kier alpha value is -1.36. The van der Waals surface area contributed by atoms with Gasteiger partial charge in [-0.1, -0.05) is 35.9 Å². The fourth-order valence-electron chi connectivity index (χ4n) is 1.94. The van der Waals surface area contributed by atoms with Gasteiger partial charge in [0.1, 0.15) is 0 Å². The minimum absolute atomic E-state index is 0.166. The molecular formula is C16H15BrClNO2. The number of benzene rings is 2. The van der Waals surface area contributed by atoms with E-state index < -0.39 is 6.10 Å². The number of carbonyl (C=O) groups excluding carboxylic acids is 1. The summed E-state index contributed by atoms with van der Waals surface area (Å²) in [5, 5.41) is 13.4. The van der Waals surface area contributed by atoms with Crippen molar-refractivity contribution in [1.29, 1.82) is 0 Å². The molecule has 2 aromatic rings. The molecule has 0 saturated heterocycles. The summed E-state index contributed by atoms with van der Waals surface area (Å²) in [6.45, 7) is 0.383. The van der Waals surface area contributed by atoms with Crippen LogP contribution in [0.1, 0.15) is 28.4 Å². The van der Waals surface area contributed by atoms with Crippen molar-refractivity contribution in [2.75, 3.05) is 6.54 Å². The van der Waals surface area contributed by atoms with E-state index in [-0.39, 0.29) is 5.91 Å². The third kappa shape index (κ3) is 4.56. The summed E-state index contributed by atoms with van der Waals surface area (Å²) in [5.41, 5.74) is 1.33. The number of rotatable bonds is 5. The van der Waals surface area contributed by atoms with Gasteiger partial charge in [0.2, 0.25) is 0 Å². The molecular weight excluding hydrogens is 354 g/mol. The largest absolute Gasteiger partial charge is 0.388 e. The summed E-state index contributed by atoms with van der Waals surface area (Å²) in [6.07, 6.45) is -0.223. The van der Waals surface area contributed by atoms with E-state index in [1.165, 1.54) is 0 Å². The quantitative estimate of drug-likeness (QED) is 0.839. The number of carbonyl (C=O) groups is 1. The van der Waals surface area contributed by atoms with Crippen LogP contribution in [0.4, 0.5) is 0 Å². The molecule has 0 unspecified atom stereocenters. The first-order valence-electron chi connectivity index (χ1n) is 6.54. The van der Waals surface area contributed by atoms with Crippen LogP contribution in [0.15, 0.2) is 53.0 Å². The summed E-state index contributed by atoms with van der Waals surface area (Å²) < 4.78 is 0.748. The van der Waals surface area contributed by atoms with Crippen molar-refractivity contribution in [2.45, 2.75) is 12.5 Å². The number of aliphatic hydroxyl groups is 1. The first kappa shape index (κ1) is 16.0. The number of hydrogen-bond acceptors (Lipinski definition) is 2. The molecule has 0 aromatic heterocycles. The van der Waals surface area contributed by atoms with Crippen LogP contribution >= 0.6 is 27.5 Å². The maximum absolute atomic E-state index is 12.0. The minimum Gasteiger partial charge on any atom is -0.388 e. The van der Waals surface area contributed by atoms with Gasteiger partial charge in [-0.2, -0.15) is 0 Å². The van der Waals surface area contributed by atoms with Crippen molar-refractivity contribution in [3.63, 3.8) is 0 Å². The topological polar surface area (TPSA) is 49.3 Å². The average molecular weight is 369 g/mol. The van der Waals surface area contributed by atoms with E-state index in [0.717, 1.165) is 10.0 Å². The van der Waals surface area contributed by atoms with Gasteiger partial charge in [0, 0.05) is 16.0 Å². The van der Waals surface area contributed by atoms with E-state index >= 15 is 0 Å². The van der Waals surface area contributed by atoms with E-state index in [0.29, 0.717) is 23.6 Å². The highest BCUT2D eigenvalue weighted by atomic mass is 79.9. The minimum atomic E-state index is -0.650. The van der Waals surface area contributed by atoms with Gasteiger partial charge in [-0.05, 0) is 52.2 Å². The Balaban J connectivity index is 1.87. The molecule has 0 spiro atoms. The predicted octanol–water partition coefficient (Wildman–Crippen LogP) is 3.96. The zero-order chi connectivity index (χ0) is 15.2. The van der Waals surface area contributed by atoms with Crippen molar-refractivity contribution in [1.82, 2.24) is 5.32 Å². The summed E-state index contributed by atoms with van der Waals surface area (Å²) in [5.74, 6) is -0.166. The lowest BCUT2D eigenvalue weighted by Crippen LogP contribution is -2.25. The molecule has 0 aliphatic rings. The van der Waals surface area contributed by atoms with Gasteiger partial charge in [0.25, 0.3) is 5.91 Å². The molecule has 0 saturated carbocycles. The Morgan fingerprint density at radius 2 is 2.00 bits per heavy atom. The monoisotopic (exact) mass is 367 g/mol. The van der Waals surface area contributed by atoms with Gasteiger partial charge in [0.15, 0.2) is 0 Å². The first-order valence-corrected chi connectivity index (χ1v) is 7.71. The third-order valence-corrected chi connectivity index (χ3v) is 3.98. The fourth-order valence-corrected chi connectivity index (χ4v) is 2.61. The molecule has 1 amide bonds. The van der Waals surface area contributed by atoms with Crippen LogP contribution in [-0.4, -0.2) is 17.6 Å². The highest BCUT2D eigenvalue weighted by Gasteiger charge is 2.11. The molecule has 0 radical (unpaired) electrons. The molecule has 2 rings (SSSR count). The Morgan fingerprint density at radius 1 is 1.24 bits per heavy atom. The second kappa shape index (κ2) is 7.59. The number of amides is 1. The maximum Gasteiger partial charge on any atom is 0.252 e. The Kier molecular flexibility index (Phi) is 5.79. The Bertz CT molecular complexity index is 633. The summed E-state index contributed by atoms with van der Waals surface area (Å²) >= 11 is 9.22. The Labute approximate surface area is 137 Å². The summed E-state index contributed by atoms with van der Waals surface area (Å²) in [6, 6.07) is 14.3. The molecule has 0 fully saturated rings. The molecule has 0 aliphatic heterocycles. The number of halogens is 2. The molecule has 0 heterocycles. The van der Waals surface area contributed by atoms with Gasteiger partial charge in [-0.3, -0.25) is 4.79 Å². The average Bonchev–Trinajstić information content (AvgIpc) is 2.47. The van der Waals surface area contributed by atoms with E-state index in [2.05, 4.69) is 21.2 Å². The van der Waals surface area contributed by atoms with Crippen LogP contribution in [0.2, 0.25) is 5.02 Å². The van der Waals surface area contributed by atoms with Crippen LogP contribution in [-0.2, 0) is 0 Å². The SMILES string of the molecule is O=C(NCC[C@@H](O)c1cccc(Cl)c1)c1ccccc1Br.